The third kappa shape index (κ3) is 2.15. The highest BCUT2D eigenvalue weighted by Crippen LogP contribution is 2.25. The Morgan fingerprint density at radius 1 is 1.40 bits per heavy atom. The minimum Gasteiger partial charge on any atom is -0.322 e. The number of non-ortho nitro benzene ring substituents is 1. The smallest absolute Gasteiger partial charge is 0.269 e. The van der Waals surface area contributed by atoms with Crippen LogP contribution in [-0.2, 0) is 0 Å². The number of nitrogens with zero attached hydrogens (tertiary/aromatic N) is 4. The second-order valence-corrected chi connectivity index (χ2v) is 5.37. The highest BCUT2D eigenvalue weighted by Gasteiger charge is 2.12. The maximum Gasteiger partial charge on any atom is 0.269 e. The molecule has 0 aliphatic rings. The Morgan fingerprint density at radius 2 is 2.10 bits per heavy atom. The number of nitrogens with two attached hydrogens (primary N) is 1. The van der Waals surface area contributed by atoms with Gasteiger partial charge in [0.15, 0.2) is 0 Å². The number of aromatic nitrogens is 3. The Bertz CT molecular complexity index is 743. The molecule has 8 heteroatoms. The van der Waals surface area contributed by atoms with Crippen molar-refractivity contribution in [2.75, 3.05) is 0 Å². The van der Waals surface area contributed by atoms with E-state index in [0.717, 1.165) is 21.2 Å². The van der Waals surface area contributed by atoms with E-state index < -0.39 is 4.92 Å². The van der Waals surface area contributed by atoms with Crippen molar-refractivity contribution in [3.8, 4) is 11.3 Å². The minimum absolute atomic E-state index is 0.0622. The summed E-state index contributed by atoms with van der Waals surface area (Å²) in [7, 11) is 0. The summed E-state index contributed by atoms with van der Waals surface area (Å²) in [6.07, 6.45) is 1.79. The summed E-state index contributed by atoms with van der Waals surface area (Å²) in [6, 6.07) is 6.16. The Hall–Kier alpha value is -2.32. The second-order valence-electron chi connectivity index (χ2n) is 4.39. The lowest BCUT2D eigenvalue weighted by molar-refractivity contribution is -0.384. The van der Waals surface area contributed by atoms with Gasteiger partial charge in [-0.3, -0.25) is 10.1 Å². The van der Waals surface area contributed by atoms with Gasteiger partial charge < -0.3 is 5.73 Å². The normalized spacial score (nSPS) is 12.7. The first-order valence-electron chi connectivity index (χ1n) is 5.91. The summed E-state index contributed by atoms with van der Waals surface area (Å²) >= 11 is 1.44. The number of fused-ring (bicyclic) bond motifs is 1. The lowest BCUT2D eigenvalue weighted by Gasteiger charge is -1.97. The van der Waals surface area contributed by atoms with Crippen LogP contribution in [0.25, 0.3) is 16.2 Å². The van der Waals surface area contributed by atoms with Crippen molar-refractivity contribution in [2.45, 2.75) is 13.0 Å². The number of hydrogen-bond acceptors (Lipinski definition) is 6. The molecule has 0 saturated heterocycles. The summed E-state index contributed by atoms with van der Waals surface area (Å²) in [5, 5.41) is 15.8. The van der Waals surface area contributed by atoms with Crippen LogP contribution < -0.4 is 5.73 Å². The van der Waals surface area contributed by atoms with E-state index in [4.69, 9.17) is 5.73 Å². The van der Waals surface area contributed by atoms with Gasteiger partial charge in [-0.25, -0.2) is 9.50 Å². The standard InChI is InChI=1S/C12H11N5O2S/c1-7(13)11-15-16-6-10(14-12(16)20-11)8-2-4-9(5-3-8)17(18)19/h2-7H,13H2,1H3. The fourth-order valence-corrected chi connectivity index (χ4v) is 2.63. The molecule has 0 saturated carbocycles. The van der Waals surface area contributed by atoms with Crippen molar-refractivity contribution < 1.29 is 4.92 Å². The van der Waals surface area contributed by atoms with Crippen LogP contribution in [0.4, 0.5) is 5.69 Å². The number of hydrogen-bond donors (Lipinski definition) is 1. The van der Waals surface area contributed by atoms with Crippen LogP contribution in [0.5, 0.6) is 0 Å². The molecular formula is C12H11N5O2S. The van der Waals surface area contributed by atoms with Gasteiger partial charge in [-0.05, 0) is 19.1 Å². The van der Waals surface area contributed by atoms with Gasteiger partial charge in [-0.2, -0.15) is 5.10 Å². The molecule has 2 N–H and O–H groups in total. The molecule has 0 bridgehead atoms. The molecule has 1 unspecified atom stereocenters. The third-order valence-corrected chi connectivity index (χ3v) is 3.95. The lowest BCUT2D eigenvalue weighted by atomic mass is 10.1. The molecule has 0 amide bonds. The SMILES string of the molecule is CC(N)c1nn2cc(-c3ccc([N+](=O)[O-])cc3)nc2s1. The zero-order chi connectivity index (χ0) is 14.3. The fourth-order valence-electron chi connectivity index (χ4n) is 1.79. The van der Waals surface area contributed by atoms with Crippen molar-refractivity contribution in [2.24, 2.45) is 5.73 Å². The number of imidazole rings is 1. The minimum atomic E-state index is -0.425. The van der Waals surface area contributed by atoms with E-state index in [1.807, 2.05) is 6.92 Å². The molecule has 0 radical (unpaired) electrons. The molecule has 2 aromatic heterocycles. The molecule has 0 spiro atoms. The summed E-state index contributed by atoms with van der Waals surface area (Å²) in [5.41, 5.74) is 7.38. The molecule has 7 nitrogen and oxygen atoms in total. The van der Waals surface area contributed by atoms with Crippen molar-refractivity contribution >= 4 is 22.0 Å². The Morgan fingerprint density at radius 3 is 2.65 bits per heavy atom. The van der Waals surface area contributed by atoms with Gasteiger partial charge in [0.2, 0.25) is 4.96 Å². The van der Waals surface area contributed by atoms with Crippen LogP contribution >= 0.6 is 11.3 Å². The van der Waals surface area contributed by atoms with Gasteiger partial charge in [0.05, 0.1) is 22.9 Å². The van der Waals surface area contributed by atoms with Crippen LogP contribution in [0.2, 0.25) is 0 Å². The first kappa shape index (κ1) is 12.7. The van der Waals surface area contributed by atoms with E-state index in [1.54, 1.807) is 22.8 Å². The average Bonchev–Trinajstić information content (AvgIpc) is 2.96. The zero-order valence-corrected chi connectivity index (χ0v) is 11.4. The quantitative estimate of drug-likeness (QED) is 0.589. The van der Waals surface area contributed by atoms with Crippen LogP contribution in [0.15, 0.2) is 30.5 Å². The van der Waals surface area contributed by atoms with E-state index in [9.17, 15) is 10.1 Å². The van der Waals surface area contributed by atoms with E-state index in [2.05, 4.69) is 10.1 Å². The van der Waals surface area contributed by atoms with Gasteiger partial charge in [0.25, 0.3) is 5.69 Å². The molecule has 0 aliphatic carbocycles. The van der Waals surface area contributed by atoms with Crippen molar-refractivity contribution in [1.82, 2.24) is 14.6 Å². The van der Waals surface area contributed by atoms with Gasteiger partial charge in [-0.1, -0.05) is 11.3 Å². The van der Waals surface area contributed by atoms with Gasteiger partial charge in [0, 0.05) is 17.7 Å². The molecule has 1 aromatic carbocycles. The maximum atomic E-state index is 10.6. The summed E-state index contributed by atoms with van der Waals surface area (Å²) in [6.45, 7) is 1.87. The molecule has 20 heavy (non-hydrogen) atoms. The number of benzene rings is 1. The Kier molecular flexibility index (Phi) is 2.96. The predicted octanol–water partition coefficient (Wildman–Crippen LogP) is 2.39. The van der Waals surface area contributed by atoms with Gasteiger partial charge in [0.1, 0.15) is 5.01 Å². The number of rotatable bonds is 3. The molecule has 102 valence electrons. The van der Waals surface area contributed by atoms with E-state index in [-0.39, 0.29) is 11.7 Å². The number of nitro benzene ring substituents is 1. The largest absolute Gasteiger partial charge is 0.322 e. The second kappa shape index (κ2) is 4.66. The monoisotopic (exact) mass is 289 g/mol. The summed E-state index contributed by atoms with van der Waals surface area (Å²) < 4.78 is 1.68. The highest BCUT2D eigenvalue weighted by molar-refractivity contribution is 7.16. The van der Waals surface area contributed by atoms with Crippen molar-refractivity contribution in [3.63, 3.8) is 0 Å². The van der Waals surface area contributed by atoms with Gasteiger partial charge in [-0.15, -0.1) is 0 Å². The Balaban J connectivity index is 1.97. The molecule has 1 atom stereocenters. The molecule has 3 aromatic rings. The number of nitro groups is 1. The molecular weight excluding hydrogens is 278 g/mol. The van der Waals surface area contributed by atoms with E-state index in [0.29, 0.717) is 0 Å². The first-order chi connectivity index (χ1) is 9.54. The van der Waals surface area contributed by atoms with Crippen LogP contribution in [0.3, 0.4) is 0 Å². The van der Waals surface area contributed by atoms with Crippen molar-refractivity contribution in [3.05, 3.63) is 45.6 Å². The lowest BCUT2D eigenvalue weighted by Crippen LogP contribution is -2.04. The van der Waals surface area contributed by atoms with E-state index >= 15 is 0 Å². The maximum absolute atomic E-state index is 10.6. The fraction of sp³-hybridized carbons (Fsp3) is 0.167. The van der Waals surface area contributed by atoms with Crippen LogP contribution in [0.1, 0.15) is 18.0 Å². The molecule has 3 rings (SSSR count). The summed E-state index contributed by atoms with van der Waals surface area (Å²) in [4.78, 5) is 15.4. The highest BCUT2D eigenvalue weighted by atomic mass is 32.1. The zero-order valence-electron chi connectivity index (χ0n) is 10.6. The van der Waals surface area contributed by atoms with Crippen molar-refractivity contribution in [1.29, 1.82) is 0 Å². The molecule has 0 aliphatic heterocycles. The first-order valence-corrected chi connectivity index (χ1v) is 6.73. The van der Waals surface area contributed by atoms with E-state index in [1.165, 1.54) is 23.5 Å². The molecule has 0 fully saturated rings. The summed E-state index contributed by atoms with van der Waals surface area (Å²) in [5.74, 6) is 0. The topological polar surface area (TPSA) is 99.3 Å². The molecule has 2 heterocycles. The van der Waals surface area contributed by atoms with Gasteiger partial charge >= 0.3 is 0 Å². The Labute approximate surface area is 117 Å². The average molecular weight is 289 g/mol. The predicted molar refractivity (Wildman–Crippen MR) is 75.6 cm³/mol. The van der Waals surface area contributed by atoms with Crippen LogP contribution in [-0.4, -0.2) is 19.5 Å². The van der Waals surface area contributed by atoms with Crippen LogP contribution in [0, 0.1) is 10.1 Å². The third-order valence-electron chi connectivity index (χ3n) is 2.82.